The van der Waals surface area contributed by atoms with Gasteiger partial charge in [0.05, 0.1) is 29.4 Å². The number of rotatable bonds is 5. The second-order valence-corrected chi connectivity index (χ2v) is 9.26. The fourth-order valence-corrected chi connectivity index (χ4v) is 4.82. The smallest absolute Gasteiger partial charge is 0.156 e. The molecule has 0 spiro atoms. The Labute approximate surface area is 198 Å². The minimum Gasteiger partial charge on any atom is -0.353 e. The lowest BCUT2D eigenvalue weighted by atomic mass is 10.1. The van der Waals surface area contributed by atoms with Crippen LogP contribution in [0.3, 0.4) is 0 Å². The summed E-state index contributed by atoms with van der Waals surface area (Å²) in [4.78, 5) is 14.6. The van der Waals surface area contributed by atoms with E-state index in [-0.39, 0.29) is 0 Å². The fourth-order valence-electron chi connectivity index (χ4n) is 4.70. The van der Waals surface area contributed by atoms with Crippen molar-refractivity contribution in [1.82, 2.24) is 24.2 Å². The molecule has 2 fully saturated rings. The number of epoxide rings is 1. The molecule has 6 rings (SSSR count). The second kappa shape index (κ2) is 8.54. The first-order valence-corrected chi connectivity index (χ1v) is 11.8. The molecule has 2 saturated heterocycles. The molecule has 4 aromatic rings. The molecular weight excluding hydrogens is 434 g/mol. The molecule has 0 aliphatic carbocycles. The first kappa shape index (κ1) is 20.8. The Kier molecular flexibility index (Phi) is 5.38. The van der Waals surface area contributed by atoms with Crippen LogP contribution in [0.1, 0.15) is 12.6 Å². The normalized spacial score (nSPS) is 21.5. The van der Waals surface area contributed by atoms with Crippen LogP contribution < -0.4 is 0 Å². The van der Waals surface area contributed by atoms with Gasteiger partial charge >= 0.3 is 0 Å². The van der Waals surface area contributed by atoms with Crippen LogP contribution in [0, 0.1) is 0 Å². The molecule has 0 saturated carbocycles. The zero-order valence-electron chi connectivity index (χ0n) is 18.6. The van der Waals surface area contributed by atoms with Crippen molar-refractivity contribution in [3.8, 4) is 22.5 Å². The predicted molar refractivity (Wildman–Crippen MR) is 130 cm³/mol. The Morgan fingerprint density at radius 2 is 1.70 bits per heavy atom. The van der Waals surface area contributed by atoms with E-state index in [1.165, 1.54) is 5.69 Å². The first-order valence-electron chi connectivity index (χ1n) is 11.5. The molecule has 0 bridgehead atoms. The van der Waals surface area contributed by atoms with Crippen LogP contribution in [0.5, 0.6) is 0 Å². The molecule has 2 aromatic heterocycles. The lowest BCUT2D eigenvalue weighted by Crippen LogP contribution is -2.47. The maximum absolute atomic E-state index is 6.16. The molecule has 2 aromatic carbocycles. The maximum Gasteiger partial charge on any atom is 0.156 e. The summed E-state index contributed by atoms with van der Waals surface area (Å²) >= 11 is 6.16. The van der Waals surface area contributed by atoms with E-state index >= 15 is 0 Å². The fraction of sp³-hybridized carbons (Fsp3) is 0.308. The highest BCUT2D eigenvalue weighted by atomic mass is 35.5. The van der Waals surface area contributed by atoms with Crippen molar-refractivity contribution in [1.29, 1.82) is 0 Å². The number of aromatic nitrogens is 3. The molecule has 0 radical (unpaired) electrons. The Bertz CT molecular complexity index is 1270. The zero-order valence-corrected chi connectivity index (χ0v) is 19.3. The molecule has 0 amide bonds. The van der Waals surface area contributed by atoms with Crippen LogP contribution in [-0.2, 0) is 11.3 Å². The highest BCUT2D eigenvalue weighted by Gasteiger charge is 2.40. The number of ether oxygens (including phenoxy) is 1. The third kappa shape index (κ3) is 4.15. The number of fused-ring (bicyclic) bond motifs is 1. The van der Waals surface area contributed by atoms with Crippen molar-refractivity contribution in [2.75, 3.05) is 26.2 Å². The summed E-state index contributed by atoms with van der Waals surface area (Å²) in [6, 6.07) is 18.2. The van der Waals surface area contributed by atoms with Gasteiger partial charge in [-0.25, -0.2) is 4.98 Å². The average molecular weight is 460 g/mol. The van der Waals surface area contributed by atoms with Gasteiger partial charge in [-0.1, -0.05) is 54.1 Å². The zero-order chi connectivity index (χ0) is 22.4. The van der Waals surface area contributed by atoms with Crippen molar-refractivity contribution >= 4 is 17.2 Å². The summed E-state index contributed by atoms with van der Waals surface area (Å²) in [5, 5.41) is 0.727. The van der Waals surface area contributed by atoms with Crippen LogP contribution in [0.2, 0.25) is 5.02 Å². The minimum absolute atomic E-state index is 0.312. The molecule has 168 valence electrons. The largest absolute Gasteiger partial charge is 0.353 e. The van der Waals surface area contributed by atoms with Gasteiger partial charge in [0, 0.05) is 55.1 Å². The van der Waals surface area contributed by atoms with Crippen molar-refractivity contribution in [3.05, 3.63) is 77.7 Å². The van der Waals surface area contributed by atoms with Crippen LogP contribution >= 0.6 is 11.6 Å². The summed E-state index contributed by atoms with van der Waals surface area (Å²) in [6.07, 6.45) is 4.67. The number of hydrogen-bond donors (Lipinski definition) is 0. The molecule has 0 N–H and O–H groups in total. The van der Waals surface area contributed by atoms with Crippen LogP contribution in [0.25, 0.3) is 28.2 Å². The molecule has 2 aliphatic heterocycles. The molecule has 6 nitrogen and oxygen atoms in total. The van der Waals surface area contributed by atoms with Crippen molar-refractivity contribution < 1.29 is 4.74 Å². The lowest BCUT2D eigenvalue weighted by Gasteiger charge is -2.33. The van der Waals surface area contributed by atoms with Crippen molar-refractivity contribution in [2.45, 2.75) is 25.8 Å². The summed E-state index contributed by atoms with van der Waals surface area (Å²) < 4.78 is 7.88. The monoisotopic (exact) mass is 459 g/mol. The van der Waals surface area contributed by atoms with Gasteiger partial charge in [0.1, 0.15) is 6.23 Å². The van der Waals surface area contributed by atoms with Crippen LogP contribution in [-0.4, -0.2) is 62.7 Å². The molecule has 4 heterocycles. The number of piperazine rings is 1. The van der Waals surface area contributed by atoms with E-state index in [9.17, 15) is 0 Å². The van der Waals surface area contributed by atoms with E-state index in [1.807, 2.05) is 48.7 Å². The van der Waals surface area contributed by atoms with E-state index in [0.29, 0.717) is 12.3 Å². The third-order valence-corrected chi connectivity index (χ3v) is 6.87. The minimum atomic E-state index is 0.312. The molecular formula is C26H26ClN5O. The van der Waals surface area contributed by atoms with Crippen molar-refractivity contribution in [2.24, 2.45) is 0 Å². The Morgan fingerprint density at radius 3 is 2.39 bits per heavy atom. The van der Waals surface area contributed by atoms with E-state index in [2.05, 4.69) is 39.5 Å². The van der Waals surface area contributed by atoms with Crippen molar-refractivity contribution in [3.63, 3.8) is 0 Å². The highest BCUT2D eigenvalue weighted by Crippen LogP contribution is 2.30. The number of hydrogen-bond acceptors (Lipinski definition) is 5. The van der Waals surface area contributed by atoms with Gasteiger partial charge in [-0.15, -0.1) is 0 Å². The number of halogens is 1. The standard InChI is InChI=1S/C26H26ClN5O/c1-18-26(33-18)31-13-11-30(12-14-31)17-23-25(20-7-9-21(27)10-8-20)29-24-15-28-22(16-32(23)24)19-5-3-2-4-6-19/h2-10,15-16,18,26H,11-14,17H2,1H3. The lowest BCUT2D eigenvalue weighted by molar-refractivity contribution is 0.0870. The van der Waals surface area contributed by atoms with Gasteiger partial charge in [0.2, 0.25) is 0 Å². The average Bonchev–Trinajstić information content (AvgIpc) is 3.49. The summed E-state index contributed by atoms with van der Waals surface area (Å²) in [5.41, 5.74) is 6.12. The summed E-state index contributed by atoms with van der Waals surface area (Å²) in [6.45, 7) is 7.04. The molecule has 7 heteroatoms. The second-order valence-electron chi connectivity index (χ2n) is 8.82. The predicted octanol–water partition coefficient (Wildman–Crippen LogP) is 4.58. The quantitative estimate of drug-likeness (QED) is 0.409. The van der Waals surface area contributed by atoms with Gasteiger partial charge < -0.3 is 4.74 Å². The van der Waals surface area contributed by atoms with E-state index < -0.39 is 0 Å². The Balaban J connectivity index is 1.36. The molecule has 2 unspecified atom stereocenters. The summed E-state index contributed by atoms with van der Waals surface area (Å²) in [7, 11) is 0. The van der Waals surface area contributed by atoms with E-state index in [0.717, 1.165) is 65.9 Å². The highest BCUT2D eigenvalue weighted by molar-refractivity contribution is 6.30. The molecule has 33 heavy (non-hydrogen) atoms. The first-order chi connectivity index (χ1) is 16.2. The van der Waals surface area contributed by atoms with Gasteiger partial charge in [0.15, 0.2) is 5.65 Å². The van der Waals surface area contributed by atoms with Gasteiger partial charge in [-0.05, 0) is 19.1 Å². The van der Waals surface area contributed by atoms with E-state index in [4.69, 9.17) is 26.3 Å². The number of nitrogens with zero attached hydrogens (tertiary/aromatic N) is 5. The van der Waals surface area contributed by atoms with Gasteiger partial charge in [-0.3, -0.25) is 19.2 Å². The Hall–Kier alpha value is -2.77. The molecule has 2 aliphatic rings. The maximum atomic E-state index is 6.16. The summed E-state index contributed by atoms with van der Waals surface area (Å²) in [5.74, 6) is 0. The third-order valence-electron chi connectivity index (χ3n) is 6.61. The Morgan fingerprint density at radius 1 is 0.970 bits per heavy atom. The SMILES string of the molecule is CC1OC1N1CCN(Cc2c(-c3ccc(Cl)cc3)nc3cnc(-c4ccccc4)cn23)CC1. The number of benzene rings is 2. The van der Waals surface area contributed by atoms with Gasteiger partial charge in [-0.2, -0.15) is 0 Å². The molecule has 2 atom stereocenters. The number of imidazole rings is 1. The topological polar surface area (TPSA) is 49.2 Å². The van der Waals surface area contributed by atoms with Crippen LogP contribution in [0.4, 0.5) is 0 Å². The van der Waals surface area contributed by atoms with E-state index in [1.54, 1.807) is 0 Å². The van der Waals surface area contributed by atoms with Gasteiger partial charge in [0.25, 0.3) is 0 Å². The van der Waals surface area contributed by atoms with Crippen LogP contribution in [0.15, 0.2) is 67.0 Å².